The summed E-state index contributed by atoms with van der Waals surface area (Å²) in [5.74, 6) is -0.107. The topological polar surface area (TPSA) is 41.6 Å². The number of nitrogens with zero attached hydrogens (tertiary/aromatic N) is 1. The van der Waals surface area contributed by atoms with Gasteiger partial charge in [0.25, 0.3) is 0 Å². The second-order valence-electron chi connectivity index (χ2n) is 8.69. The van der Waals surface area contributed by atoms with Gasteiger partial charge >= 0.3 is 5.97 Å². The van der Waals surface area contributed by atoms with E-state index in [1.165, 1.54) is 30.6 Å². The van der Waals surface area contributed by atoms with Crippen molar-refractivity contribution in [3.05, 3.63) is 28.2 Å². The van der Waals surface area contributed by atoms with Gasteiger partial charge in [-0.05, 0) is 68.3 Å². The molecule has 1 aromatic rings. The molecule has 5 rings (SSSR count). The molecule has 4 nitrogen and oxygen atoms in total. The molecule has 26 heavy (non-hydrogen) atoms. The van der Waals surface area contributed by atoms with Crippen molar-refractivity contribution in [2.75, 3.05) is 25.5 Å². The largest absolute Gasteiger partial charge is 0.469 e. The number of piperidine rings is 1. The molecule has 3 fully saturated rings. The van der Waals surface area contributed by atoms with Crippen LogP contribution in [0.4, 0.5) is 5.69 Å². The minimum atomic E-state index is -0.0691. The van der Waals surface area contributed by atoms with E-state index < -0.39 is 0 Å². The van der Waals surface area contributed by atoms with Crippen LogP contribution in [0.5, 0.6) is 0 Å². The average Bonchev–Trinajstić information content (AvgIpc) is 3.20. The van der Waals surface area contributed by atoms with Gasteiger partial charge in [0.05, 0.1) is 19.1 Å². The van der Waals surface area contributed by atoms with Crippen molar-refractivity contribution in [1.82, 2.24) is 4.90 Å². The summed E-state index contributed by atoms with van der Waals surface area (Å²) in [7, 11) is 1.54. The van der Waals surface area contributed by atoms with E-state index >= 15 is 0 Å². The van der Waals surface area contributed by atoms with Gasteiger partial charge in [-0.1, -0.05) is 28.9 Å². The van der Waals surface area contributed by atoms with Gasteiger partial charge < -0.3 is 10.1 Å². The molecule has 1 aliphatic carbocycles. The zero-order valence-corrected chi connectivity index (χ0v) is 17.1. The van der Waals surface area contributed by atoms with Crippen molar-refractivity contribution in [2.24, 2.45) is 11.3 Å². The highest BCUT2D eigenvalue weighted by molar-refractivity contribution is 9.10. The van der Waals surface area contributed by atoms with Crippen LogP contribution >= 0.6 is 15.9 Å². The van der Waals surface area contributed by atoms with Crippen LogP contribution in [0.25, 0.3) is 0 Å². The van der Waals surface area contributed by atoms with E-state index in [0.717, 1.165) is 30.3 Å². The molecule has 1 aromatic carbocycles. The maximum absolute atomic E-state index is 12.8. The number of hydrogen-bond donors (Lipinski definition) is 1. The zero-order valence-electron chi connectivity index (χ0n) is 15.6. The summed E-state index contributed by atoms with van der Waals surface area (Å²) in [6.45, 7) is 4.68. The molecule has 0 radical (unpaired) electrons. The van der Waals surface area contributed by atoms with E-state index in [0.29, 0.717) is 6.04 Å². The van der Waals surface area contributed by atoms with Crippen molar-refractivity contribution >= 4 is 27.6 Å². The van der Waals surface area contributed by atoms with Crippen LogP contribution in [0.15, 0.2) is 22.7 Å². The molecular weight excluding hydrogens is 392 g/mol. The number of carbonyl (C=O) groups excluding carboxylic acids is 1. The number of ether oxygens (including phenoxy) is 1. The number of fused-ring (bicyclic) bond motifs is 1. The quantitative estimate of drug-likeness (QED) is 0.738. The van der Waals surface area contributed by atoms with Gasteiger partial charge in [0, 0.05) is 21.6 Å². The van der Waals surface area contributed by atoms with E-state index in [-0.39, 0.29) is 28.8 Å². The first-order valence-corrected chi connectivity index (χ1v) is 10.7. The number of anilines is 1. The molecule has 1 N–H and O–H groups in total. The molecular formula is C21H27BrN2O2. The Balaban J connectivity index is 1.73. The number of methoxy groups -OCH3 is 1. The number of benzene rings is 1. The van der Waals surface area contributed by atoms with Crippen LogP contribution in [-0.4, -0.2) is 43.2 Å². The Labute approximate surface area is 163 Å². The van der Waals surface area contributed by atoms with Crippen molar-refractivity contribution in [3.63, 3.8) is 0 Å². The lowest BCUT2D eigenvalue weighted by atomic mass is 9.49. The fourth-order valence-corrected chi connectivity index (χ4v) is 7.45. The van der Waals surface area contributed by atoms with E-state index in [2.05, 4.69) is 51.3 Å². The van der Waals surface area contributed by atoms with Gasteiger partial charge in [-0.15, -0.1) is 0 Å². The first kappa shape index (κ1) is 17.1. The zero-order chi connectivity index (χ0) is 18.1. The third-order valence-electron chi connectivity index (χ3n) is 7.95. The maximum Gasteiger partial charge on any atom is 0.310 e. The summed E-state index contributed by atoms with van der Waals surface area (Å²) in [5, 5.41) is 3.78. The van der Waals surface area contributed by atoms with Gasteiger partial charge in [-0.25, -0.2) is 0 Å². The molecule has 2 saturated heterocycles. The lowest BCUT2D eigenvalue weighted by molar-refractivity contribution is -0.153. The SMILES string of the molecule is CC[C@]12CCCN3CC[C@@]4(c5ccc(Br)cc5N[C@H]4[C@@H](C(=O)OC)C1)[C@@H]32. The molecule has 1 saturated carbocycles. The Morgan fingerprint density at radius 3 is 3.00 bits per heavy atom. The summed E-state index contributed by atoms with van der Waals surface area (Å²) in [6.07, 6.45) is 5.71. The lowest BCUT2D eigenvalue weighted by Crippen LogP contribution is -2.67. The second kappa shape index (κ2) is 5.71. The van der Waals surface area contributed by atoms with Crippen LogP contribution in [0.2, 0.25) is 0 Å². The smallest absolute Gasteiger partial charge is 0.310 e. The Morgan fingerprint density at radius 1 is 1.38 bits per heavy atom. The lowest BCUT2D eigenvalue weighted by Gasteiger charge is -2.59. The standard InChI is InChI=1S/C21H27BrN2O2/c1-3-20-7-4-9-24-10-8-21(19(20)24)15-6-5-13(22)11-16(15)23-17(21)14(12-20)18(25)26-2/h5-6,11,14,17,19,23H,3-4,7-10,12H2,1-2H3/t14-,17-,19-,20-,21-/m0/s1. The summed E-state index contributed by atoms with van der Waals surface area (Å²) < 4.78 is 6.38. The number of halogens is 1. The van der Waals surface area contributed by atoms with Crippen molar-refractivity contribution in [3.8, 4) is 0 Å². The molecule has 5 heteroatoms. The molecule has 1 spiro atoms. The highest BCUT2D eigenvalue weighted by atomic mass is 79.9. The summed E-state index contributed by atoms with van der Waals surface area (Å²) >= 11 is 3.62. The van der Waals surface area contributed by atoms with Gasteiger partial charge in [0.1, 0.15) is 0 Å². The van der Waals surface area contributed by atoms with Crippen LogP contribution in [-0.2, 0) is 14.9 Å². The Morgan fingerprint density at radius 2 is 2.23 bits per heavy atom. The second-order valence-corrected chi connectivity index (χ2v) is 9.61. The Bertz CT molecular complexity index is 768. The predicted octanol–water partition coefficient (Wildman–Crippen LogP) is 3.94. The number of hydrogen-bond acceptors (Lipinski definition) is 4. The average molecular weight is 419 g/mol. The van der Waals surface area contributed by atoms with Crippen LogP contribution in [0.3, 0.4) is 0 Å². The van der Waals surface area contributed by atoms with Crippen LogP contribution < -0.4 is 5.32 Å². The third kappa shape index (κ3) is 1.96. The maximum atomic E-state index is 12.8. The van der Waals surface area contributed by atoms with Crippen molar-refractivity contribution < 1.29 is 9.53 Å². The highest BCUT2D eigenvalue weighted by Crippen LogP contribution is 2.65. The minimum absolute atomic E-state index is 0.0313. The third-order valence-corrected chi connectivity index (χ3v) is 8.44. The highest BCUT2D eigenvalue weighted by Gasteiger charge is 2.69. The van der Waals surface area contributed by atoms with Crippen molar-refractivity contribution in [2.45, 2.75) is 56.5 Å². The first-order valence-electron chi connectivity index (χ1n) is 9.94. The normalized spacial score (nSPS) is 40.3. The van der Waals surface area contributed by atoms with E-state index in [9.17, 15) is 4.79 Å². The molecule has 0 bridgehead atoms. The molecule has 5 atom stereocenters. The van der Waals surface area contributed by atoms with E-state index in [4.69, 9.17) is 4.74 Å². The van der Waals surface area contributed by atoms with Crippen molar-refractivity contribution in [1.29, 1.82) is 0 Å². The van der Waals surface area contributed by atoms with Crippen LogP contribution in [0.1, 0.15) is 44.6 Å². The number of rotatable bonds is 2. The fourth-order valence-electron chi connectivity index (χ4n) is 7.09. The molecule has 0 unspecified atom stereocenters. The number of nitrogens with one attached hydrogen (secondary N) is 1. The first-order chi connectivity index (χ1) is 12.6. The number of carbonyl (C=O) groups is 1. The van der Waals surface area contributed by atoms with E-state index in [1.54, 1.807) is 7.11 Å². The molecule has 0 amide bonds. The van der Waals surface area contributed by atoms with Gasteiger partial charge in [-0.2, -0.15) is 0 Å². The molecule has 0 aromatic heterocycles. The van der Waals surface area contributed by atoms with Gasteiger partial charge in [-0.3, -0.25) is 9.69 Å². The monoisotopic (exact) mass is 418 g/mol. The Kier molecular flexibility index (Phi) is 3.75. The van der Waals surface area contributed by atoms with E-state index in [1.807, 2.05) is 0 Å². The predicted molar refractivity (Wildman–Crippen MR) is 105 cm³/mol. The summed E-state index contributed by atoms with van der Waals surface area (Å²) in [4.78, 5) is 15.6. The number of esters is 1. The van der Waals surface area contributed by atoms with Crippen LogP contribution in [0, 0.1) is 11.3 Å². The van der Waals surface area contributed by atoms with Gasteiger partial charge in [0.15, 0.2) is 0 Å². The molecule has 3 heterocycles. The van der Waals surface area contributed by atoms with Gasteiger partial charge in [0.2, 0.25) is 0 Å². The Hall–Kier alpha value is -1.07. The molecule has 140 valence electrons. The summed E-state index contributed by atoms with van der Waals surface area (Å²) in [6, 6.07) is 7.33. The summed E-state index contributed by atoms with van der Waals surface area (Å²) in [5.41, 5.74) is 2.88. The minimum Gasteiger partial charge on any atom is -0.469 e. The molecule has 4 aliphatic rings. The fraction of sp³-hybridized carbons (Fsp3) is 0.667. The molecule has 3 aliphatic heterocycles.